The van der Waals surface area contributed by atoms with Gasteiger partial charge in [-0.2, -0.15) is 5.10 Å². The molecule has 0 saturated carbocycles. The van der Waals surface area contributed by atoms with Gasteiger partial charge in [-0.05, 0) is 26.1 Å². The third-order valence-corrected chi connectivity index (χ3v) is 4.62. The Hall–Kier alpha value is -2.25. The van der Waals surface area contributed by atoms with E-state index in [0.717, 1.165) is 44.5 Å². The fourth-order valence-corrected chi connectivity index (χ4v) is 3.03. The number of piperazine rings is 1. The largest absolute Gasteiger partial charge is 0.354 e. The number of amides is 1. The number of aromatic nitrogens is 2. The first-order valence-corrected chi connectivity index (χ1v) is 8.76. The Labute approximate surface area is 147 Å². The molecule has 134 valence electrons. The van der Waals surface area contributed by atoms with E-state index >= 15 is 0 Å². The highest BCUT2D eigenvalue weighted by Gasteiger charge is 2.13. The van der Waals surface area contributed by atoms with E-state index in [1.165, 1.54) is 4.68 Å². The normalized spacial score (nSPS) is 16.2. The Morgan fingerprint density at radius 3 is 2.76 bits per heavy atom. The number of hydrogen-bond donors (Lipinski definition) is 1. The number of nitrogens with zero attached hydrogens (tertiary/aromatic N) is 4. The first-order chi connectivity index (χ1) is 12.1. The summed E-state index contributed by atoms with van der Waals surface area (Å²) in [4.78, 5) is 29.1. The van der Waals surface area contributed by atoms with Crippen molar-refractivity contribution in [3.63, 3.8) is 0 Å². The van der Waals surface area contributed by atoms with E-state index in [1.54, 1.807) is 12.3 Å². The molecule has 0 atom stereocenters. The number of nitrogens with one attached hydrogen (secondary N) is 1. The van der Waals surface area contributed by atoms with Crippen molar-refractivity contribution in [3.8, 4) is 0 Å². The maximum atomic E-state index is 12.3. The molecule has 0 aliphatic carbocycles. The van der Waals surface area contributed by atoms with Crippen molar-refractivity contribution in [1.29, 1.82) is 0 Å². The van der Waals surface area contributed by atoms with E-state index in [9.17, 15) is 9.59 Å². The molecule has 3 rings (SSSR count). The smallest absolute Gasteiger partial charge is 0.275 e. The molecule has 1 aliphatic heterocycles. The second-order valence-electron chi connectivity index (χ2n) is 6.54. The van der Waals surface area contributed by atoms with Gasteiger partial charge in [0.25, 0.3) is 5.56 Å². The predicted octanol–water partition coefficient (Wildman–Crippen LogP) is 0.150. The Morgan fingerprint density at radius 2 is 1.96 bits per heavy atom. The molecule has 7 heteroatoms. The zero-order valence-electron chi connectivity index (χ0n) is 14.6. The van der Waals surface area contributed by atoms with Gasteiger partial charge in [-0.1, -0.05) is 18.2 Å². The molecule has 2 heterocycles. The predicted molar refractivity (Wildman–Crippen MR) is 97.6 cm³/mol. The SMILES string of the molecule is CN1CCN(CCCNC(=O)Cn2ncc3ccccc3c2=O)CC1. The molecular weight excluding hydrogens is 318 g/mol. The summed E-state index contributed by atoms with van der Waals surface area (Å²) in [6.45, 7) is 5.93. The number of fused-ring (bicyclic) bond motifs is 1. The van der Waals surface area contributed by atoms with Crippen LogP contribution in [0.4, 0.5) is 0 Å². The highest BCUT2D eigenvalue weighted by atomic mass is 16.2. The minimum absolute atomic E-state index is 0.0435. The summed E-state index contributed by atoms with van der Waals surface area (Å²) < 4.78 is 1.22. The van der Waals surface area contributed by atoms with Crippen LogP contribution in [-0.4, -0.2) is 71.8 Å². The molecule has 1 fully saturated rings. The molecule has 0 unspecified atom stereocenters. The second kappa shape index (κ2) is 8.22. The summed E-state index contributed by atoms with van der Waals surface area (Å²) in [6.07, 6.45) is 2.53. The number of likely N-dealkylation sites (N-methyl/N-ethyl adjacent to an activating group) is 1. The average molecular weight is 343 g/mol. The van der Waals surface area contributed by atoms with Crippen molar-refractivity contribution in [1.82, 2.24) is 24.9 Å². The minimum atomic E-state index is -0.231. The standard InChI is InChI=1S/C18H25N5O2/c1-21-9-11-22(12-10-21)8-4-7-19-17(24)14-23-18(25)16-6-3-2-5-15(16)13-20-23/h2-3,5-6,13H,4,7-12,14H2,1H3,(H,19,24). The summed E-state index contributed by atoms with van der Waals surface area (Å²) in [5, 5.41) is 8.34. The lowest BCUT2D eigenvalue weighted by atomic mass is 10.2. The second-order valence-corrected chi connectivity index (χ2v) is 6.54. The number of carbonyl (C=O) groups is 1. The zero-order valence-corrected chi connectivity index (χ0v) is 14.6. The van der Waals surface area contributed by atoms with Gasteiger partial charge in [-0.3, -0.25) is 9.59 Å². The van der Waals surface area contributed by atoms with Gasteiger partial charge in [0.2, 0.25) is 5.91 Å². The van der Waals surface area contributed by atoms with Gasteiger partial charge in [0.15, 0.2) is 0 Å². The molecule has 0 bridgehead atoms. The third kappa shape index (κ3) is 4.64. The molecule has 7 nitrogen and oxygen atoms in total. The van der Waals surface area contributed by atoms with Crippen LogP contribution >= 0.6 is 0 Å². The molecule has 0 radical (unpaired) electrons. The van der Waals surface area contributed by atoms with Crippen molar-refractivity contribution < 1.29 is 4.79 Å². The van der Waals surface area contributed by atoms with E-state index < -0.39 is 0 Å². The maximum Gasteiger partial charge on any atom is 0.275 e. The van der Waals surface area contributed by atoms with E-state index in [2.05, 4.69) is 27.3 Å². The number of carbonyl (C=O) groups excluding carboxylic acids is 1. The zero-order chi connectivity index (χ0) is 17.6. The van der Waals surface area contributed by atoms with Crippen molar-refractivity contribution in [2.75, 3.05) is 46.3 Å². The van der Waals surface area contributed by atoms with Crippen LogP contribution < -0.4 is 10.9 Å². The van der Waals surface area contributed by atoms with Gasteiger partial charge in [0.1, 0.15) is 6.54 Å². The van der Waals surface area contributed by atoms with Gasteiger partial charge >= 0.3 is 0 Å². The van der Waals surface area contributed by atoms with E-state index in [-0.39, 0.29) is 18.0 Å². The summed E-state index contributed by atoms with van der Waals surface area (Å²) >= 11 is 0. The summed E-state index contributed by atoms with van der Waals surface area (Å²) in [5.41, 5.74) is -0.231. The quantitative estimate of drug-likeness (QED) is 0.756. The topological polar surface area (TPSA) is 70.5 Å². The Morgan fingerprint density at radius 1 is 1.20 bits per heavy atom. The third-order valence-electron chi connectivity index (χ3n) is 4.62. The monoisotopic (exact) mass is 343 g/mol. The highest BCUT2D eigenvalue weighted by Crippen LogP contribution is 2.06. The van der Waals surface area contributed by atoms with Crippen molar-refractivity contribution in [3.05, 3.63) is 40.8 Å². The van der Waals surface area contributed by atoms with Crippen LogP contribution in [0.5, 0.6) is 0 Å². The molecule has 0 spiro atoms. The number of rotatable bonds is 6. The van der Waals surface area contributed by atoms with Crippen molar-refractivity contribution in [2.24, 2.45) is 0 Å². The Kier molecular flexibility index (Phi) is 5.78. The van der Waals surface area contributed by atoms with Crippen molar-refractivity contribution >= 4 is 16.7 Å². The molecule has 1 aromatic heterocycles. The lowest BCUT2D eigenvalue weighted by Crippen LogP contribution is -2.45. The van der Waals surface area contributed by atoms with Crippen LogP contribution in [0.15, 0.2) is 35.3 Å². The Balaban J connectivity index is 1.45. The van der Waals surface area contributed by atoms with E-state index in [1.807, 2.05) is 18.2 Å². The van der Waals surface area contributed by atoms with E-state index in [4.69, 9.17) is 0 Å². The first kappa shape index (κ1) is 17.6. The maximum absolute atomic E-state index is 12.3. The fraction of sp³-hybridized carbons (Fsp3) is 0.500. The van der Waals surface area contributed by atoms with E-state index in [0.29, 0.717) is 11.9 Å². The highest BCUT2D eigenvalue weighted by molar-refractivity contribution is 5.81. The van der Waals surface area contributed by atoms with Gasteiger partial charge in [-0.15, -0.1) is 0 Å². The van der Waals surface area contributed by atoms with Crippen LogP contribution in [0, 0.1) is 0 Å². The van der Waals surface area contributed by atoms with Crippen LogP contribution in [0.3, 0.4) is 0 Å². The molecule has 2 aromatic rings. The van der Waals surface area contributed by atoms with Crippen LogP contribution in [0.1, 0.15) is 6.42 Å². The molecule has 1 amide bonds. The minimum Gasteiger partial charge on any atom is -0.354 e. The van der Waals surface area contributed by atoms with Crippen LogP contribution in [-0.2, 0) is 11.3 Å². The molecule has 1 aromatic carbocycles. The van der Waals surface area contributed by atoms with Gasteiger partial charge in [0, 0.05) is 38.1 Å². The van der Waals surface area contributed by atoms with Gasteiger partial charge < -0.3 is 15.1 Å². The number of benzene rings is 1. The summed E-state index contributed by atoms with van der Waals surface area (Å²) in [7, 11) is 2.14. The molecule has 25 heavy (non-hydrogen) atoms. The molecule has 1 aliphatic rings. The number of hydrogen-bond acceptors (Lipinski definition) is 5. The summed E-state index contributed by atoms with van der Waals surface area (Å²) in [5.74, 6) is -0.178. The molecular formula is C18H25N5O2. The first-order valence-electron chi connectivity index (χ1n) is 8.76. The van der Waals surface area contributed by atoms with Crippen LogP contribution in [0.25, 0.3) is 10.8 Å². The lowest BCUT2D eigenvalue weighted by Gasteiger charge is -2.32. The summed E-state index contributed by atoms with van der Waals surface area (Å²) in [6, 6.07) is 7.27. The molecule has 1 saturated heterocycles. The lowest BCUT2D eigenvalue weighted by molar-refractivity contribution is -0.121. The fourth-order valence-electron chi connectivity index (χ4n) is 3.03. The van der Waals surface area contributed by atoms with Gasteiger partial charge in [-0.25, -0.2) is 4.68 Å². The van der Waals surface area contributed by atoms with Gasteiger partial charge in [0.05, 0.1) is 11.6 Å². The van der Waals surface area contributed by atoms with Crippen LogP contribution in [0.2, 0.25) is 0 Å². The molecule has 1 N–H and O–H groups in total. The van der Waals surface area contributed by atoms with Crippen molar-refractivity contribution in [2.45, 2.75) is 13.0 Å². The Bertz CT molecular complexity index is 780. The average Bonchev–Trinajstić information content (AvgIpc) is 2.63.